The second-order valence-corrected chi connectivity index (χ2v) is 5.59. The lowest BCUT2D eigenvalue weighted by atomic mass is 10.1. The van der Waals surface area contributed by atoms with E-state index >= 15 is 0 Å². The monoisotopic (exact) mass is 294 g/mol. The molecule has 1 saturated heterocycles. The third-order valence-electron chi connectivity index (χ3n) is 3.99. The highest BCUT2D eigenvalue weighted by atomic mass is 19.1. The molecule has 1 aliphatic heterocycles. The summed E-state index contributed by atoms with van der Waals surface area (Å²) in [6.45, 7) is 2.74. The molecule has 1 aliphatic rings. The number of likely N-dealkylation sites (N-methyl/N-ethyl adjacent to an activating group) is 1. The first kappa shape index (κ1) is 15.9. The zero-order valence-corrected chi connectivity index (χ0v) is 12.7. The van der Waals surface area contributed by atoms with Gasteiger partial charge in [-0.05, 0) is 30.5 Å². The molecule has 0 N–H and O–H groups in total. The lowest BCUT2D eigenvalue weighted by Crippen LogP contribution is -2.43. The van der Waals surface area contributed by atoms with Crippen molar-refractivity contribution in [2.75, 3.05) is 33.8 Å². The van der Waals surface area contributed by atoms with Crippen molar-refractivity contribution in [1.82, 2.24) is 9.80 Å². The minimum Gasteiger partial charge on any atom is -0.381 e. The number of ether oxygens (including phenoxy) is 1. The quantitative estimate of drug-likeness (QED) is 0.831. The minimum absolute atomic E-state index is 0.0928. The van der Waals surface area contributed by atoms with Crippen LogP contribution in [-0.2, 0) is 16.1 Å². The van der Waals surface area contributed by atoms with Crippen molar-refractivity contribution < 1.29 is 13.9 Å². The predicted molar refractivity (Wildman–Crippen MR) is 79.3 cm³/mol. The maximum Gasteiger partial charge on any atom is 0.236 e. The fourth-order valence-corrected chi connectivity index (χ4v) is 2.57. The number of halogens is 1. The maximum absolute atomic E-state index is 12.9. The number of rotatable bonds is 5. The number of likely N-dealkylation sites (tertiary alicyclic amines) is 1. The van der Waals surface area contributed by atoms with E-state index in [4.69, 9.17) is 4.74 Å². The molecule has 1 aromatic carbocycles. The van der Waals surface area contributed by atoms with Gasteiger partial charge in [0.2, 0.25) is 5.91 Å². The van der Waals surface area contributed by atoms with E-state index in [1.807, 2.05) is 0 Å². The van der Waals surface area contributed by atoms with Crippen molar-refractivity contribution in [3.8, 4) is 0 Å². The van der Waals surface area contributed by atoms with E-state index in [9.17, 15) is 9.18 Å². The third kappa shape index (κ3) is 4.79. The van der Waals surface area contributed by atoms with E-state index in [0.29, 0.717) is 19.2 Å². The van der Waals surface area contributed by atoms with Gasteiger partial charge in [-0.25, -0.2) is 4.39 Å². The number of piperidine rings is 1. The molecule has 4 nitrogen and oxygen atoms in total. The summed E-state index contributed by atoms with van der Waals surface area (Å²) in [5.74, 6) is -0.163. The standard InChI is InChI=1S/C16H23FN2O2/c1-18(11-13-3-5-14(17)6-4-13)16(20)12-19-9-7-15(21-2)8-10-19/h3-6,15H,7-12H2,1-2H3. The molecule has 1 aromatic rings. The van der Waals surface area contributed by atoms with Crippen LogP contribution in [0.4, 0.5) is 4.39 Å². The van der Waals surface area contributed by atoms with Gasteiger partial charge in [0.1, 0.15) is 5.82 Å². The second kappa shape index (κ2) is 7.52. The third-order valence-corrected chi connectivity index (χ3v) is 3.99. The zero-order chi connectivity index (χ0) is 15.2. The van der Waals surface area contributed by atoms with Crippen LogP contribution in [0.25, 0.3) is 0 Å². The first-order valence-electron chi connectivity index (χ1n) is 7.32. The van der Waals surface area contributed by atoms with Crippen LogP contribution in [0.1, 0.15) is 18.4 Å². The number of amides is 1. The summed E-state index contributed by atoms with van der Waals surface area (Å²) in [6, 6.07) is 6.26. The summed E-state index contributed by atoms with van der Waals surface area (Å²) >= 11 is 0. The van der Waals surface area contributed by atoms with Crippen molar-refractivity contribution in [2.45, 2.75) is 25.5 Å². The minimum atomic E-state index is -0.256. The molecule has 1 heterocycles. The number of hydrogen-bond donors (Lipinski definition) is 0. The normalized spacial score (nSPS) is 16.9. The fraction of sp³-hybridized carbons (Fsp3) is 0.562. The Morgan fingerprint density at radius 2 is 1.95 bits per heavy atom. The molecule has 0 aliphatic carbocycles. The van der Waals surface area contributed by atoms with Crippen LogP contribution < -0.4 is 0 Å². The Hall–Kier alpha value is -1.46. The molecule has 0 radical (unpaired) electrons. The molecule has 1 fully saturated rings. The summed E-state index contributed by atoms with van der Waals surface area (Å²) in [7, 11) is 3.52. The molecule has 21 heavy (non-hydrogen) atoms. The number of methoxy groups -OCH3 is 1. The smallest absolute Gasteiger partial charge is 0.236 e. The Kier molecular flexibility index (Phi) is 5.70. The van der Waals surface area contributed by atoms with Crippen LogP contribution in [0.3, 0.4) is 0 Å². The average molecular weight is 294 g/mol. The van der Waals surface area contributed by atoms with E-state index in [1.54, 1.807) is 31.2 Å². The SMILES string of the molecule is COC1CCN(CC(=O)N(C)Cc2ccc(F)cc2)CC1. The van der Waals surface area contributed by atoms with Crippen LogP contribution in [0.15, 0.2) is 24.3 Å². The molecular formula is C16H23FN2O2. The molecule has 0 saturated carbocycles. The molecule has 5 heteroatoms. The number of nitrogens with zero attached hydrogens (tertiary/aromatic N) is 2. The topological polar surface area (TPSA) is 32.8 Å². The van der Waals surface area contributed by atoms with Crippen LogP contribution in [0, 0.1) is 5.82 Å². The first-order chi connectivity index (χ1) is 10.1. The highest BCUT2D eigenvalue weighted by Crippen LogP contribution is 2.13. The summed E-state index contributed by atoms with van der Waals surface area (Å²) in [5.41, 5.74) is 0.936. The Labute approximate surface area is 125 Å². The van der Waals surface area contributed by atoms with Gasteiger partial charge < -0.3 is 9.64 Å². The van der Waals surface area contributed by atoms with E-state index in [-0.39, 0.29) is 11.7 Å². The Balaban J connectivity index is 1.78. The zero-order valence-electron chi connectivity index (χ0n) is 12.7. The molecule has 0 atom stereocenters. The van der Waals surface area contributed by atoms with Crippen LogP contribution in [0.2, 0.25) is 0 Å². The van der Waals surface area contributed by atoms with Gasteiger partial charge in [-0.1, -0.05) is 12.1 Å². The molecule has 0 spiro atoms. The molecule has 0 unspecified atom stereocenters. The van der Waals surface area contributed by atoms with Gasteiger partial charge in [-0.2, -0.15) is 0 Å². The molecule has 116 valence electrons. The Morgan fingerprint density at radius 1 is 1.33 bits per heavy atom. The number of benzene rings is 1. The van der Waals surface area contributed by atoms with E-state index in [2.05, 4.69) is 4.90 Å². The summed E-state index contributed by atoms with van der Waals surface area (Å²) in [6.07, 6.45) is 2.28. The van der Waals surface area contributed by atoms with Crippen molar-refractivity contribution >= 4 is 5.91 Å². The van der Waals surface area contributed by atoms with Gasteiger partial charge in [-0.15, -0.1) is 0 Å². The highest BCUT2D eigenvalue weighted by Gasteiger charge is 2.21. The van der Waals surface area contributed by atoms with E-state index < -0.39 is 0 Å². The average Bonchev–Trinajstić information content (AvgIpc) is 2.50. The molecular weight excluding hydrogens is 271 g/mol. The molecule has 1 amide bonds. The van der Waals surface area contributed by atoms with Gasteiger partial charge in [0.05, 0.1) is 12.6 Å². The number of carbonyl (C=O) groups excluding carboxylic acids is 1. The molecule has 0 aromatic heterocycles. The van der Waals surface area contributed by atoms with Gasteiger partial charge in [-0.3, -0.25) is 9.69 Å². The van der Waals surface area contributed by atoms with Crippen molar-refractivity contribution in [1.29, 1.82) is 0 Å². The summed E-state index contributed by atoms with van der Waals surface area (Å²) in [5, 5.41) is 0. The second-order valence-electron chi connectivity index (χ2n) is 5.59. The van der Waals surface area contributed by atoms with Gasteiger partial charge >= 0.3 is 0 Å². The van der Waals surface area contributed by atoms with E-state index in [0.717, 1.165) is 31.5 Å². The predicted octanol–water partition coefficient (Wildman–Crippen LogP) is 1.89. The Morgan fingerprint density at radius 3 is 2.52 bits per heavy atom. The largest absolute Gasteiger partial charge is 0.381 e. The highest BCUT2D eigenvalue weighted by molar-refractivity contribution is 5.78. The number of hydrogen-bond acceptors (Lipinski definition) is 3. The lowest BCUT2D eigenvalue weighted by Gasteiger charge is -2.31. The van der Waals surface area contributed by atoms with Gasteiger partial charge in [0.25, 0.3) is 0 Å². The number of carbonyl (C=O) groups is 1. The molecule has 2 rings (SSSR count). The summed E-state index contributed by atoms with van der Waals surface area (Å²) < 4.78 is 18.2. The van der Waals surface area contributed by atoms with Crippen LogP contribution >= 0.6 is 0 Å². The van der Waals surface area contributed by atoms with Crippen molar-refractivity contribution in [2.24, 2.45) is 0 Å². The molecule has 0 bridgehead atoms. The van der Waals surface area contributed by atoms with Gasteiger partial charge in [0, 0.05) is 33.8 Å². The van der Waals surface area contributed by atoms with Crippen LogP contribution in [-0.4, -0.2) is 55.6 Å². The van der Waals surface area contributed by atoms with Crippen LogP contribution in [0.5, 0.6) is 0 Å². The lowest BCUT2D eigenvalue weighted by molar-refractivity contribution is -0.132. The maximum atomic E-state index is 12.9. The summed E-state index contributed by atoms with van der Waals surface area (Å²) in [4.78, 5) is 16.1. The fourth-order valence-electron chi connectivity index (χ4n) is 2.57. The van der Waals surface area contributed by atoms with Crippen molar-refractivity contribution in [3.05, 3.63) is 35.6 Å². The van der Waals surface area contributed by atoms with Crippen molar-refractivity contribution in [3.63, 3.8) is 0 Å². The first-order valence-corrected chi connectivity index (χ1v) is 7.32. The van der Waals surface area contributed by atoms with Gasteiger partial charge in [0.15, 0.2) is 0 Å². The Bertz CT molecular complexity index is 456. The van der Waals surface area contributed by atoms with E-state index in [1.165, 1.54) is 12.1 Å².